The van der Waals surface area contributed by atoms with Gasteiger partial charge in [-0.05, 0) is 24.3 Å². The zero-order valence-corrected chi connectivity index (χ0v) is 16.4. The summed E-state index contributed by atoms with van der Waals surface area (Å²) in [5.41, 5.74) is 0.531. The molecule has 0 saturated carbocycles. The molecule has 156 valence electrons. The third kappa shape index (κ3) is 3.85. The van der Waals surface area contributed by atoms with E-state index in [1.807, 2.05) is 30.5 Å². The number of nitrogens with zero attached hydrogens (tertiary/aromatic N) is 3. The number of hydrogen-bond donors (Lipinski definition) is 0. The Labute approximate surface area is 174 Å². The molecule has 0 aliphatic carbocycles. The van der Waals surface area contributed by atoms with E-state index >= 15 is 0 Å². The van der Waals surface area contributed by atoms with E-state index in [2.05, 4.69) is 9.88 Å². The van der Waals surface area contributed by atoms with Gasteiger partial charge in [-0.25, -0.2) is 4.98 Å². The van der Waals surface area contributed by atoms with Crippen molar-refractivity contribution in [3.63, 3.8) is 0 Å². The fourth-order valence-electron chi connectivity index (χ4n) is 3.74. The first-order valence-electron chi connectivity index (χ1n) is 9.19. The van der Waals surface area contributed by atoms with E-state index in [-0.39, 0.29) is 5.69 Å². The van der Waals surface area contributed by atoms with Gasteiger partial charge in [0.15, 0.2) is 6.20 Å². The van der Waals surface area contributed by atoms with Crippen molar-refractivity contribution >= 4 is 39.6 Å². The minimum atomic E-state index is -4.63. The highest BCUT2D eigenvalue weighted by molar-refractivity contribution is 6.31. The molecule has 0 unspecified atom stereocenters. The Kier molecular flexibility index (Phi) is 5.15. The summed E-state index contributed by atoms with van der Waals surface area (Å²) in [6.07, 6.45) is -2.81. The maximum Gasteiger partial charge on any atom is 0.416 e. The van der Waals surface area contributed by atoms with Crippen LogP contribution >= 0.6 is 11.6 Å². The van der Waals surface area contributed by atoms with E-state index < -0.39 is 22.4 Å². The summed E-state index contributed by atoms with van der Waals surface area (Å²) in [4.78, 5) is 17.7. The molecule has 0 amide bonds. The first-order chi connectivity index (χ1) is 14.2. The van der Waals surface area contributed by atoms with E-state index in [4.69, 9.17) is 11.6 Å². The van der Waals surface area contributed by atoms with Gasteiger partial charge < -0.3 is 9.80 Å². The van der Waals surface area contributed by atoms with Gasteiger partial charge in [0.25, 0.3) is 5.69 Å². The van der Waals surface area contributed by atoms with E-state index in [0.717, 1.165) is 22.7 Å². The van der Waals surface area contributed by atoms with E-state index in [1.54, 1.807) is 4.90 Å². The zero-order valence-electron chi connectivity index (χ0n) is 15.6. The molecule has 10 heteroatoms. The van der Waals surface area contributed by atoms with Crippen LogP contribution in [0.25, 0.3) is 10.9 Å². The number of rotatable bonds is 3. The molecule has 2 aromatic carbocycles. The molecule has 6 nitrogen and oxygen atoms in total. The predicted molar refractivity (Wildman–Crippen MR) is 108 cm³/mol. The largest absolute Gasteiger partial charge is 0.416 e. The topological polar surface area (TPSA) is 63.8 Å². The van der Waals surface area contributed by atoms with Crippen molar-refractivity contribution in [2.75, 3.05) is 36.0 Å². The number of nitro benzene ring substituents is 1. The third-order valence-electron chi connectivity index (χ3n) is 5.20. The van der Waals surface area contributed by atoms with Gasteiger partial charge in [0, 0.05) is 49.4 Å². The number of piperazine rings is 1. The third-order valence-corrected chi connectivity index (χ3v) is 5.43. The molecule has 0 radical (unpaired) electrons. The monoisotopic (exact) mass is 437 g/mol. The first-order valence-corrected chi connectivity index (χ1v) is 9.57. The van der Waals surface area contributed by atoms with Crippen LogP contribution in [0.5, 0.6) is 0 Å². The van der Waals surface area contributed by atoms with Crippen LogP contribution in [0.1, 0.15) is 5.56 Å². The van der Waals surface area contributed by atoms with Gasteiger partial charge in [-0.3, -0.25) is 10.1 Å². The fraction of sp³-hybridized carbons (Fsp3) is 0.250. The summed E-state index contributed by atoms with van der Waals surface area (Å²) in [5.74, 6) is 0. The SMILES string of the molecule is O=[N+]([O-])c1cc(C(F)(F)F)ccc1N1CCN(c2cc[nH+]c3cc(Cl)ccc23)CC1. The second-order valence-corrected chi connectivity index (χ2v) is 7.42. The Hall–Kier alpha value is -3.07. The van der Waals surface area contributed by atoms with Crippen LogP contribution < -0.4 is 14.8 Å². The fourth-order valence-corrected chi connectivity index (χ4v) is 3.91. The van der Waals surface area contributed by atoms with Crippen LogP contribution in [0, 0.1) is 10.1 Å². The Bertz CT molecular complexity index is 1110. The highest BCUT2D eigenvalue weighted by Crippen LogP contribution is 2.37. The van der Waals surface area contributed by atoms with E-state index in [1.165, 1.54) is 6.07 Å². The second kappa shape index (κ2) is 7.64. The molecule has 0 spiro atoms. The first kappa shape index (κ1) is 20.2. The van der Waals surface area contributed by atoms with Gasteiger partial charge in [0.2, 0.25) is 5.52 Å². The molecule has 1 N–H and O–H groups in total. The van der Waals surface area contributed by atoms with E-state index in [9.17, 15) is 23.3 Å². The second-order valence-electron chi connectivity index (χ2n) is 6.99. The molecule has 2 heterocycles. The number of anilines is 2. The van der Waals surface area contributed by atoms with Crippen molar-refractivity contribution in [1.29, 1.82) is 0 Å². The summed E-state index contributed by atoms with van der Waals surface area (Å²) in [6.45, 7) is 2.03. The zero-order chi connectivity index (χ0) is 21.5. The van der Waals surface area contributed by atoms with Gasteiger partial charge in [-0.15, -0.1) is 0 Å². The smallest absolute Gasteiger partial charge is 0.367 e. The number of pyridine rings is 1. The molecule has 30 heavy (non-hydrogen) atoms. The standard InChI is InChI=1S/C20H16ClF3N4O2/c21-14-2-3-15-16(12-14)25-6-5-17(15)26-7-9-27(10-8-26)18-4-1-13(20(22,23)24)11-19(18)28(29)30/h1-6,11-12H,7-10H2/p+1. The lowest BCUT2D eigenvalue weighted by molar-refractivity contribution is -0.384. The molecule has 1 aliphatic heterocycles. The molecule has 3 aromatic rings. The number of H-pyrrole nitrogens is 1. The molecule has 4 rings (SSSR count). The molecule has 1 fully saturated rings. The number of nitro groups is 1. The van der Waals surface area contributed by atoms with Gasteiger partial charge in [-0.1, -0.05) is 11.6 Å². The van der Waals surface area contributed by atoms with Crippen LogP contribution in [0.2, 0.25) is 5.02 Å². The summed E-state index contributed by atoms with van der Waals surface area (Å²) in [5, 5.41) is 13.0. The lowest BCUT2D eigenvalue weighted by Gasteiger charge is -2.37. The van der Waals surface area contributed by atoms with Gasteiger partial charge in [0.05, 0.1) is 21.6 Å². The maximum atomic E-state index is 12.9. The number of benzene rings is 2. The summed E-state index contributed by atoms with van der Waals surface area (Å²) in [6, 6.07) is 10.2. The van der Waals surface area contributed by atoms with Crippen molar-refractivity contribution in [3.8, 4) is 0 Å². The number of halogens is 4. The number of aromatic nitrogens is 1. The quantitative estimate of drug-likeness (QED) is 0.445. The Balaban J connectivity index is 1.58. The van der Waals surface area contributed by atoms with Gasteiger partial charge in [-0.2, -0.15) is 13.2 Å². The molecular weight excluding hydrogens is 421 g/mol. The maximum absolute atomic E-state index is 12.9. The average Bonchev–Trinajstić information content (AvgIpc) is 2.72. The van der Waals surface area contributed by atoms with Crippen LogP contribution in [-0.2, 0) is 6.18 Å². The van der Waals surface area contributed by atoms with Gasteiger partial charge >= 0.3 is 6.18 Å². The van der Waals surface area contributed by atoms with Crippen molar-refractivity contribution < 1.29 is 23.1 Å². The predicted octanol–water partition coefficient (Wildman–Crippen LogP) is 4.56. The molecule has 0 atom stereocenters. The molecule has 1 aliphatic rings. The van der Waals surface area contributed by atoms with Crippen LogP contribution in [-0.4, -0.2) is 31.1 Å². The summed E-state index contributed by atoms with van der Waals surface area (Å²) < 4.78 is 38.8. The van der Waals surface area contributed by atoms with Crippen molar-refractivity contribution in [2.24, 2.45) is 0 Å². The van der Waals surface area contributed by atoms with Crippen molar-refractivity contribution in [3.05, 3.63) is 69.4 Å². The minimum Gasteiger partial charge on any atom is -0.367 e. The molecular formula is C20H17ClF3N4O2+. The number of aromatic amines is 1. The lowest BCUT2D eigenvalue weighted by Crippen LogP contribution is -2.46. The van der Waals surface area contributed by atoms with Gasteiger partial charge in [0.1, 0.15) is 5.69 Å². The Morgan fingerprint density at radius 2 is 1.63 bits per heavy atom. The van der Waals surface area contributed by atoms with Crippen LogP contribution in [0.15, 0.2) is 48.7 Å². The summed E-state index contributed by atoms with van der Waals surface area (Å²) in [7, 11) is 0. The highest BCUT2D eigenvalue weighted by Gasteiger charge is 2.34. The minimum absolute atomic E-state index is 0.200. The number of nitrogens with one attached hydrogen (secondary N) is 1. The summed E-state index contributed by atoms with van der Waals surface area (Å²) >= 11 is 6.06. The molecule has 0 bridgehead atoms. The van der Waals surface area contributed by atoms with E-state index in [0.29, 0.717) is 37.3 Å². The average molecular weight is 438 g/mol. The Morgan fingerprint density at radius 3 is 2.27 bits per heavy atom. The molecule has 1 aromatic heterocycles. The number of hydrogen-bond acceptors (Lipinski definition) is 4. The van der Waals surface area contributed by atoms with Crippen molar-refractivity contribution in [2.45, 2.75) is 6.18 Å². The Morgan fingerprint density at radius 1 is 0.967 bits per heavy atom. The van der Waals surface area contributed by atoms with Crippen molar-refractivity contribution in [1.82, 2.24) is 0 Å². The lowest BCUT2D eigenvalue weighted by atomic mass is 10.1. The number of fused-ring (bicyclic) bond motifs is 1. The molecule has 1 saturated heterocycles. The van der Waals surface area contributed by atoms with Crippen LogP contribution in [0.4, 0.5) is 30.2 Å². The highest BCUT2D eigenvalue weighted by atomic mass is 35.5. The normalized spacial score (nSPS) is 14.9. The van der Waals surface area contributed by atoms with Crippen LogP contribution in [0.3, 0.4) is 0 Å². The number of alkyl halides is 3.